The van der Waals surface area contributed by atoms with Crippen LogP contribution in [-0.2, 0) is 26.2 Å². The van der Waals surface area contributed by atoms with Gasteiger partial charge in [-0.05, 0) is 48.6 Å². The van der Waals surface area contributed by atoms with E-state index >= 15 is 0 Å². The van der Waals surface area contributed by atoms with Crippen LogP contribution in [0.15, 0.2) is 29.8 Å². The number of fused-ring (bicyclic) bond motifs is 3. The molecule has 2 atom stereocenters. The smallest absolute Gasteiger partial charge is 0.306 e. The van der Waals surface area contributed by atoms with Crippen molar-refractivity contribution in [2.24, 2.45) is 5.41 Å². The largest absolute Gasteiger partial charge is 0.497 e. The molecule has 0 radical (unpaired) electrons. The van der Waals surface area contributed by atoms with Crippen molar-refractivity contribution in [1.82, 2.24) is 0 Å². The van der Waals surface area contributed by atoms with Gasteiger partial charge in [0.05, 0.1) is 26.1 Å². The van der Waals surface area contributed by atoms with Gasteiger partial charge in [-0.1, -0.05) is 19.1 Å². The van der Waals surface area contributed by atoms with Crippen LogP contribution >= 0.6 is 0 Å². The van der Waals surface area contributed by atoms with Crippen molar-refractivity contribution in [1.29, 1.82) is 0 Å². The van der Waals surface area contributed by atoms with Gasteiger partial charge in [-0.25, -0.2) is 0 Å². The van der Waals surface area contributed by atoms with Crippen molar-refractivity contribution in [3.8, 4) is 5.75 Å². The van der Waals surface area contributed by atoms with E-state index in [2.05, 4.69) is 25.1 Å². The fourth-order valence-corrected chi connectivity index (χ4v) is 4.40. The van der Waals surface area contributed by atoms with E-state index in [4.69, 9.17) is 9.47 Å². The van der Waals surface area contributed by atoms with Crippen molar-refractivity contribution in [3.63, 3.8) is 0 Å². The van der Waals surface area contributed by atoms with Gasteiger partial charge in [-0.2, -0.15) is 0 Å². The fourth-order valence-electron chi connectivity index (χ4n) is 4.40. The number of hydrogen-bond acceptors (Lipinski definition) is 4. The van der Waals surface area contributed by atoms with Gasteiger partial charge in [0.25, 0.3) is 0 Å². The van der Waals surface area contributed by atoms with Crippen LogP contribution in [0.3, 0.4) is 0 Å². The van der Waals surface area contributed by atoms with Gasteiger partial charge in [0.1, 0.15) is 11.5 Å². The molecule has 24 heavy (non-hydrogen) atoms. The molecule has 0 aromatic heterocycles. The summed E-state index contributed by atoms with van der Waals surface area (Å²) < 4.78 is 10.2. The van der Waals surface area contributed by atoms with Gasteiger partial charge < -0.3 is 9.47 Å². The molecule has 0 heterocycles. The van der Waals surface area contributed by atoms with Crippen molar-refractivity contribution < 1.29 is 19.1 Å². The topological polar surface area (TPSA) is 52.6 Å². The minimum atomic E-state index is -0.791. The van der Waals surface area contributed by atoms with Crippen molar-refractivity contribution in [3.05, 3.63) is 41.0 Å². The number of benzene rings is 1. The second-order valence-electron chi connectivity index (χ2n) is 7.19. The minimum Gasteiger partial charge on any atom is -0.497 e. The fraction of sp³-hybridized carbons (Fsp3) is 0.500. The zero-order valence-electron chi connectivity index (χ0n) is 14.8. The molecule has 4 heteroatoms. The number of allylic oxidation sites excluding steroid dienone is 2. The van der Waals surface area contributed by atoms with E-state index < -0.39 is 5.41 Å². The van der Waals surface area contributed by atoms with Crippen LogP contribution in [0.2, 0.25) is 0 Å². The third kappa shape index (κ3) is 2.36. The molecule has 4 nitrogen and oxygen atoms in total. The molecular weight excluding hydrogens is 304 g/mol. The van der Waals surface area contributed by atoms with Crippen molar-refractivity contribution >= 4 is 11.8 Å². The molecule has 0 aliphatic heterocycles. The summed E-state index contributed by atoms with van der Waals surface area (Å²) in [5.74, 6) is 0.609. The molecule has 1 aromatic rings. The molecule has 2 unspecified atom stereocenters. The summed E-state index contributed by atoms with van der Waals surface area (Å²) in [6.07, 6.45) is 4.25. The Hall–Kier alpha value is -2.10. The summed E-state index contributed by atoms with van der Waals surface area (Å²) >= 11 is 0. The monoisotopic (exact) mass is 328 g/mol. The minimum absolute atomic E-state index is 0.100. The van der Waals surface area contributed by atoms with Crippen LogP contribution in [0.25, 0.3) is 0 Å². The second-order valence-corrected chi connectivity index (χ2v) is 7.19. The number of methoxy groups -OCH3 is 2. The Morgan fingerprint density at radius 2 is 2.00 bits per heavy atom. The van der Waals surface area contributed by atoms with Gasteiger partial charge in [-0.15, -0.1) is 0 Å². The molecular formula is C20H24O4. The first-order valence-electron chi connectivity index (χ1n) is 8.34. The molecule has 3 rings (SSSR count). The second kappa shape index (κ2) is 5.76. The number of carbonyl (C=O) groups is 2. The number of Topliss-reactive ketones (excluding diaryl/α,β-unsaturated/α-hetero) is 1. The number of esters is 1. The van der Waals surface area contributed by atoms with Gasteiger partial charge in [0.2, 0.25) is 0 Å². The molecule has 1 aromatic carbocycles. The number of ether oxygens (including phenoxy) is 2. The molecule has 0 saturated heterocycles. The third-order valence-electron chi connectivity index (χ3n) is 5.82. The lowest BCUT2D eigenvalue weighted by atomic mass is 9.53. The molecule has 0 bridgehead atoms. The summed E-state index contributed by atoms with van der Waals surface area (Å²) in [7, 11) is 3.03. The highest BCUT2D eigenvalue weighted by molar-refractivity contribution is 5.93. The van der Waals surface area contributed by atoms with E-state index in [-0.39, 0.29) is 23.6 Å². The summed E-state index contributed by atoms with van der Waals surface area (Å²) in [4.78, 5) is 24.7. The van der Waals surface area contributed by atoms with E-state index in [1.165, 1.54) is 18.2 Å². The lowest BCUT2D eigenvalue weighted by Gasteiger charge is -2.49. The maximum Gasteiger partial charge on any atom is 0.306 e. The first-order valence-corrected chi connectivity index (χ1v) is 8.34. The highest BCUT2D eigenvalue weighted by Crippen LogP contribution is 2.55. The maximum atomic E-state index is 12.7. The number of carbonyl (C=O) groups excluding carboxylic acids is 2. The van der Waals surface area contributed by atoms with Crippen molar-refractivity contribution in [2.45, 2.75) is 44.9 Å². The highest BCUT2D eigenvalue weighted by Gasteiger charge is 2.52. The van der Waals surface area contributed by atoms with Gasteiger partial charge in [-0.3, -0.25) is 9.59 Å². The summed E-state index contributed by atoms with van der Waals surface area (Å²) in [5, 5.41) is 0. The first kappa shape index (κ1) is 16.7. The Kier molecular flexibility index (Phi) is 4.02. The Balaban J connectivity index is 2.11. The normalized spacial score (nSPS) is 28.5. The molecule has 128 valence electrons. The SMILES string of the molecule is COC(=O)CC1(C)C(=O)CCC2(C)C1=CCc1ccc(OC)cc12. The predicted molar refractivity (Wildman–Crippen MR) is 91.1 cm³/mol. The van der Waals surface area contributed by atoms with Gasteiger partial charge in [0.15, 0.2) is 0 Å². The van der Waals surface area contributed by atoms with Crippen LogP contribution in [0.5, 0.6) is 5.75 Å². The Morgan fingerprint density at radius 1 is 1.25 bits per heavy atom. The molecule has 2 aliphatic rings. The Morgan fingerprint density at radius 3 is 2.67 bits per heavy atom. The summed E-state index contributed by atoms with van der Waals surface area (Å²) in [6.45, 7) is 4.07. The predicted octanol–water partition coefficient (Wildman–Crippen LogP) is 3.37. The van der Waals surface area contributed by atoms with Gasteiger partial charge >= 0.3 is 5.97 Å². The molecule has 0 N–H and O–H groups in total. The van der Waals surface area contributed by atoms with E-state index in [1.54, 1.807) is 7.11 Å². The number of ketones is 1. The van der Waals surface area contributed by atoms with Crippen LogP contribution < -0.4 is 4.74 Å². The number of hydrogen-bond donors (Lipinski definition) is 0. The Labute approximate surface area is 142 Å². The van der Waals surface area contributed by atoms with Crippen LogP contribution in [-0.4, -0.2) is 26.0 Å². The van der Waals surface area contributed by atoms with E-state index in [1.807, 2.05) is 13.0 Å². The molecule has 0 amide bonds. The van der Waals surface area contributed by atoms with Crippen LogP contribution in [0.1, 0.15) is 44.2 Å². The lowest BCUT2D eigenvalue weighted by Crippen LogP contribution is -2.47. The average molecular weight is 328 g/mol. The molecule has 0 spiro atoms. The molecule has 1 saturated carbocycles. The van der Waals surface area contributed by atoms with E-state index in [0.717, 1.165) is 24.2 Å². The number of rotatable bonds is 3. The van der Waals surface area contributed by atoms with E-state index in [9.17, 15) is 9.59 Å². The van der Waals surface area contributed by atoms with Crippen LogP contribution in [0, 0.1) is 5.41 Å². The van der Waals surface area contributed by atoms with Crippen molar-refractivity contribution in [2.75, 3.05) is 14.2 Å². The molecule has 2 aliphatic carbocycles. The summed E-state index contributed by atoms with van der Waals surface area (Å²) in [5.41, 5.74) is 2.48. The lowest BCUT2D eigenvalue weighted by molar-refractivity contribution is -0.146. The van der Waals surface area contributed by atoms with Gasteiger partial charge in [0, 0.05) is 11.8 Å². The zero-order valence-corrected chi connectivity index (χ0v) is 14.8. The highest BCUT2D eigenvalue weighted by atomic mass is 16.5. The average Bonchev–Trinajstić information content (AvgIpc) is 2.58. The Bertz CT molecular complexity index is 733. The standard InChI is InChI=1S/C20H24O4/c1-19-10-9-17(21)20(2,12-18(22)24-4)16(19)8-6-13-5-7-14(23-3)11-15(13)19/h5,7-8,11H,6,9-10,12H2,1-4H3. The summed E-state index contributed by atoms with van der Waals surface area (Å²) in [6, 6.07) is 6.15. The molecule has 1 fully saturated rings. The van der Waals surface area contributed by atoms with Crippen LogP contribution in [0.4, 0.5) is 0 Å². The van der Waals surface area contributed by atoms with E-state index in [0.29, 0.717) is 6.42 Å². The maximum absolute atomic E-state index is 12.7. The first-order chi connectivity index (χ1) is 11.3. The quantitative estimate of drug-likeness (QED) is 0.630. The zero-order chi connectivity index (χ0) is 17.5. The third-order valence-corrected chi connectivity index (χ3v) is 5.82.